The van der Waals surface area contributed by atoms with Crippen molar-refractivity contribution >= 4 is 14.4 Å². The van der Waals surface area contributed by atoms with Crippen LogP contribution >= 0.6 is 0 Å². The molecule has 1 aliphatic rings. The Kier molecular flexibility index (Phi) is 7.70. The van der Waals surface area contributed by atoms with Crippen molar-refractivity contribution in [2.45, 2.75) is 63.9 Å². The number of hydrogen-bond acceptors (Lipinski definition) is 4. The van der Waals surface area contributed by atoms with Crippen LogP contribution in [0.25, 0.3) is 0 Å². The molecule has 1 amide bonds. The Morgan fingerprint density at radius 2 is 2.17 bits per heavy atom. The van der Waals surface area contributed by atoms with Crippen molar-refractivity contribution in [3.63, 3.8) is 0 Å². The fourth-order valence-electron chi connectivity index (χ4n) is 2.42. The fourth-order valence-corrected chi connectivity index (χ4v) is 3.79. The van der Waals surface area contributed by atoms with Crippen LogP contribution in [0.2, 0.25) is 18.1 Å². The smallest absolute Gasteiger partial charge is 0.410 e. The van der Waals surface area contributed by atoms with Crippen LogP contribution < -0.4 is 0 Å². The van der Waals surface area contributed by atoms with Gasteiger partial charge in [0.25, 0.3) is 0 Å². The third-order valence-electron chi connectivity index (χ3n) is 4.83. The normalized spacial score (nSPS) is 19.4. The van der Waals surface area contributed by atoms with Crippen molar-refractivity contribution in [2.75, 3.05) is 19.8 Å². The minimum atomic E-state index is -1.99. The number of rotatable bonds is 8. The number of aliphatic hydroxyl groups excluding tert-OH is 1. The number of hydrogen-bond donors (Lipinski definition) is 1. The highest BCUT2D eigenvalue weighted by molar-refractivity contribution is 6.74. The molecule has 24 heavy (non-hydrogen) atoms. The van der Waals surface area contributed by atoms with E-state index >= 15 is 0 Å². The lowest BCUT2D eigenvalue weighted by molar-refractivity contribution is 0.0629. The molecule has 0 spiro atoms. The molecule has 0 aromatic carbocycles. The third kappa shape index (κ3) is 5.46. The molecule has 0 aromatic heterocycles. The second-order valence-electron chi connectivity index (χ2n) is 7.72. The summed E-state index contributed by atoms with van der Waals surface area (Å²) in [5, 5.41) is 9.31. The van der Waals surface area contributed by atoms with Gasteiger partial charge in [0.05, 0.1) is 12.1 Å². The van der Waals surface area contributed by atoms with Gasteiger partial charge >= 0.3 is 6.09 Å². The van der Waals surface area contributed by atoms with E-state index in [0.29, 0.717) is 19.4 Å². The van der Waals surface area contributed by atoms with Crippen LogP contribution in [0.3, 0.4) is 0 Å². The average molecular weight is 356 g/mol. The van der Waals surface area contributed by atoms with Gasteiger partial charge in [-0.3, -0.25) is 4.90 Å². The van der Waals surface area contributed by atoms with E-state index < -0.39 is 8.32 Å². The third-order valence-corrected chi connectivity index (χ3v) is 9.34. The molecule has 2 atom stereocenters. The van der Waals surface area contributed by atoms with E-state index in [-0.39, 0.29) is 36.5 Å². The Hall–Kier alpha value is -1.11. The van der Waals surface area contributed by atoms with Crippen LogP contribution in [0.4, 0.5) is 4.79 Å². The Bertz CT molecular complexity index is 456. The Labute approximate surface area is 147 Å². The topological polar surface area (TPSA) is 59.0 Å². The van der Waals surface area contributed by atoms with Crippen molar-refractivity contribution in [3.05, 3.63) is 24.8 Å². The van der Waals surface area contributed by atoms with E-state index in [1.807, 2.05) is 12.2 Å². The summed E-state index contributed by atoms with van der Waals surface area (Å²) in [6.45, 7) is 15.4. The van der Waals surface area contributed by atoms with Gasteiger partial charge in [-0.2, -0.15) is 0 Å². The zero-order valence-corrected chi connectivity index (χ0v) is 16.7. The van der Waals surface area contributed by atoms with Gasteiger partial charge in [0.15, 0.2) is 8.32 Å². The highest BCUT2D eigenvalue weighted by Crippen LogP contribution is 2.39. The van der Waals surface area contributed by atoms with Gasteiger partial charge < -0.3 is 14.3 Å². The van der Waals surface area contributed by atoms with Crippen molar-refractivity contribution in [2.24, 2.45) is 0 Å². The molecular formula is C18H33NO4Si. The summed E-state index contributed by atoms with van der Waals surface area (Å²) in [5.74, 6) is 0. The predicted molar refractivity (Wildman–Crippen MR) is 99.6 cm³/mol. The molecule has 0 aromatic rings. The minimum Gasteiger partial charge on any atom is -0.445 e. The maximum absolute atomic E-state index is 12.3. The first kappa shape index (κ1) is 20.9. The van der Waals surface area contributed by atoms with E-state index in [0.717, 1.165) is 0 Å². The van der Waals surface area contributed by atoms with Crippen molar-refractivity contribution < 1.29 is 19.1 Å². The Morgan fingerprint density at radius 1 is 1.50 bits per heavy atom. The van der Waals surface area contributed by atoms with Gasteiger partial charge in [-0.05, 0) is 31.0 Å². The molecule has 0 saturated heterocycles. The number of aliphatic hydroxyl groups is 1. The van der Waals surface area contributed by atoms with Gasteiger partial charge in [-0.1, -0.05) is 45.6 Å². The number of nitrogens with zero attached hydrogens (tertiary/aromatic N) is 1. The van der Waals surface area contributed by atoms with E-state index in [1.165, 1.54) is 0 Å². The van der Waals surface area contributed by atoms with Gasteiger partial charge in [-0.25, -0.2) is 4.79 Å². The lowest BCUT2D eigenvalue weighted by Crippen LogP contribution is -2.51. The summed E-state index contributed by atoms with van der Waals surface area (Å²) in [7, 11) is -1.99. The molecule has 138 valence electrons. The summed E-state index contributed by atoms with van der Waals surface area (Å²) in [5.41, 5.74) is 0. The molecule has 1 aliphatic heterocycles. The van der Waals surface area contributed by atoms with Gasteiger partial charge in [-0.15, -0.1) is 0 Å². The van der Waals surface area contributed by atoms with Crippen LogP contribution in [-0.4, -0.2) is 56.3 Å². The average Bonchev–Trinajstić information content (AvgIpc) is 2.97. The predicted octanol–water partition coefficient (Wildman–Crippen LogP) is 3.71. The standard InChI is InChI=1S/C18H33NO4Si/c1-7-14-22-17(21)19-12-8-10-15(19)16(11-9-13-20)23-24(5,6)18(2,3)4/h7-8,10,15-16,20H,1,9,11-14H2,2-6H3/t15-,16+/m0/s1. The van der Waals surface area contributed by atoms with Crippen LogP contribution in [0.15, 0.2) is 24.8 Å². The lowest BCUT2D eigenvalue weighted by atomic mass is 10.1. The molecular weight excluding hydrogens is 322 g/mol. The van der Waals surface area contributed by atoms with E-state index in [9.17, 15) is 9.90 Å². The Balaban J connectivity index is 2.91. The van der Waals surface area contributed by atoms with Crippen molar-refractivity contribution in [3.8, 4) is 0 Å². The number of amides is 1. The molecule has 0 aliphatic carbocycles. The van der Waals surface area contributed by atoms with Gasteiger partial charge in [0.1, 0.15) is 6.61 Å². The maximum atomic E-state index is 12.3. The SMILES string of the molecule is C=CCOC(=O)N1CC=C[C@H]1[C@@H](CCCO)O[Si](C)(C)C(C)(C)C. The van der Waals surface area contributed by atoms with E-state index in [2.05, 4.69) is 40.4 Å². The molecule has 0 saturated carbocycles. The van der Waals surface area contributed by atoms with Crippen molar-refractivity contribution in [1.82, 2.24) is 4.90 Å². The first-order chi connectivity index (χ1) is 11.1. The van der Waals surface area contributed by atoms with Gasteiger partial charge in [0.2, 0.25) is 0 Å². The van der Waals surface area contributed by atoms with Crippen molar-refractivity contribution in [1.29, 1.82) is 0 Å². The first-order valence-electron chi connectivity index (χ1n) is 8.63. The van der Waals surface area contributed by atoms with Gasteiger partial charge in [0, 0.05) is 13.2 Å². The number of ether oxygens (including phenoxy) is 1. The second kappa shape index (κ2) is 8.83. The Morgan fingerprint density at radius 3 is 2.71 bits per heavy atom. The van der Waals surface area contributed by atoms with Crippen LogP contribution in [0, 0.1) is 0 Å². The molecule has 0 bridgehead atoms. The molecule has 1 heterocycles. The highest BCUT2D eigenvalue weighted by atomic mass is 28.4. The molecule has 0 radical (unpaired) electrons. The molecule has 1 rings (SSSR count). The van der Waals surface area contributed by atoms with Crippen LogP contribution in [0.1, 0.15) is 33.6 Å². The highest BCUT2D eigenvalue weighted by Gasteiger charge is 2.42. The van der Waals surface area contributed by atoms with E-state index in [4.69, 9.17) is 9.16 Å². The summed E-state index contributed by atoms with van der Waals surface area (Å²) < 4.78 is 11.8. The maximum Gasteiger partial charge on any atom is 0.410 e. The zero-order valence-electron chi connectivity index (χ0n) is 15.7. The number of carbonyl (C=O) groups excluding carboxylic acids is 1. The molecule has 6 heteroatoms. The lowest BCUT2D eigenvalue weighted by Gasteiger charge is -2.42. The van der Waals surface area contributed by atoms with Crippen LogP contribution in [0.5, 0.6) is 0 Å². The molecule has 1 N–H and O–H groups in total. The molecule has 0 fully saturated rings. The summed E-state index contributed by atoms with van der Waals surface area (Å²) in [4.78, 5) is 14.0. The monoisotopic (exact) mass is 355 g/mol. The van der Waals surface area contributed by atoms with Crippen LogP contribution in [-0.2, 0) is 9.16 Å². The summed E-state index contributed by atoms with van der Waals surface area (Å²) in [6.07, 6.45) is 6.44. The largest absolute Gasteiger partial charge is 0.445 e. The minimum absolute atomic E-state index is 0.0843. The van der Waals surface area contributed by atoms with E-state index in [1.54, 1.807) is 11.0 Å². The summed E-state index contributed by atoms with van der Waals surface area (Å²) in [6, 6.07) is -0.150. The summed E-state index contributed by atoms with van der Waals surface area (Å²) >= 11 is 0. The zero-order chi connectivity index (χ0) is 18.4. The fraction of sp³-hybridized carbons (Fsp3) is 0.722. The first-order valence-corrected chi connectivity index (χ1v) is 11.5. The number of carbonyl (C=O) groups is 1. The molecule has 5 nitrogen and oxygen atoms in total. The quantitative estimate of drug-likeness (QED) is 0.532. The second-order valence-corrected chi connectivity index (χ2v) is 12.5. The molecule has 0 unspecified atom stereocenters.